The fourth-order valence-electron chi connectivity index (χ4n) is 0.375. The van der Waals surface area contributed by atoms with Crippen molar-refractivity contribution in [1.29, 1.82) is 0 Å². The van der Waals surface area contributed by atoms with Crippen molar-refractivity contribution in [2.75, 3.05) is 6.61 Å². The molecule has 0 aromatic rings. The van der Waals surface area contributed by atoms with Crippen molar-refractivity contribution in [1.82, 2.24) is 0 Å². The zero-order chi connectivity index (χ0) is 9.07. The Bertz CT molecular complexity index is 136. The largest absolute Gasteiger partial charge is 0.290 e. The fraction of sp³-hybridized carbons (Fsp3) is 1.00. The van der Waals surface area contributed by atoms with Crippen molar-refractivity contribution >= 4 is 11.1 Å². The molecule has 1 atom stereocenters. The Hall–Kier alpha value is 0.110. The normalized spacial score (nSPS) is 15.5. The summed E-state index contributed by atoms with van der Waals surface area (Å²) in [6.45, 7) is 10.4. The van der Waals surface area contributed by atoms with Crippen LogP contribution in [0.5, 0.6) is 0 Å². The van der Waals surface area contributed by atoms with Crippen LogP contribution in [-0.2, 0) is 15.3 Å². The monoisotopic (exact) mass is 178 g/mol. The van der Waals surface area contributed by atoms with E-state index in [1.807, 2.05) is 34.6 Å². The van der Waals surface area contributed by atoms with Crippen LogP contribution in [0.3, 0.4) is 0 Å². The summed E-state index contributed by atoms with van der Waals surface area (Å²) in [6, 6.07) is 0. The lowest BCUT2D eigenvalue weighted by Crippen LogP contribution is -2.24. The van der Waals surface area contributed by atoms with Crippen LogP contribution >= 0.6 is 0 Å². The van der Waals surface area contributed by atoms with Crippen molar-refractivity contribution < 1.29 is 8.39 Å². The van der Waals surface area contributed by atoms with E-state index in [-0.39, 0.29) is 4.75 Å². The van der Waals surface area contributed by atoms with Gasteiger partial charge in [-0.1, -0.05) is 13.8 Å². The smallest absolute Gasteiger partial charge is 0.160 e. The predicted molar refractivity (Wildman–Crippen MR) is 48.7 cm³/mol. The summed E-state index contributed by atoms with van der Waals surface area (Å²) in [5, 5.41) is 0. The second-order valence-corrected chi connectivity index (χ2v) is 5.96. The molecule has 11 heavy (non-hydrogen) atoms. The standard InChI is InChI=1S/C8H18O2S/c1-7(2)6-10-11(9)8(3,4)5/h7H,6H2,1-5H3/t11-/m1/s1. The summed E-state index contributed by atoms with van der Waals surface area (Å²) in [6.07, 6.45) is 0. The van der Waals surface area contributed by atoms with Gasteiger partial charge in [-0.25, -0.2) is 4.21 Å². The Labute approximate surface area is 72.0 Å². The summed E-state index contributed by atoms with van der Waals surface area (Å²) in [7, 11) is 0. The lowest BCUT2D eigenvalue weighted by Gasteiger charge is -2.17. The summed E-state index contributed by atoms with van der Waals surface area (Å²) in [5.74, 6) is 0.446. The fourth-order valence-corrected chi connectivity index (χ4v) is 1.12. The van der Waals surface area contributed by atoms with Gasteiger partial charge in [0.15, 0.2) is 11.1 Å². The lowest BCUT2D eigenvalue weighted by molar-refractivity contribution is 0.289. The van der Waals surface area contributed by atoms with E-state index in [2.05, 4.69) is 0 Å². The second-order valence-electron chi connectivity index (χ2n) is 4.03. The molecule has 0 aromatic heterocycles. The average molecular weight is 178 g/mol. The van der Waals surface area contributed by atoms with E-state index in [0.29, 0.717) is 12.5 Å². The van der Waals surface area contributed by atoms with Gasteiger partial charge in [0, 0.05) is 0 Å². The van der Waals surface area contributed by atoms with Crippen molar-refractivity contribution in [3.63, 3.8) is 0 Å². The van der Waals surface area contributed by atoms with Crippen LogP contribution in [-0.4, -0.2) is 15.6 Å². The van der Waals surface area contributed by atoms with Gasteiger partial charge in [-0.2, -0.15) is 0 Å². The SMILES string of the molecule is CC(C)CO[S@@](=O)C(C)(C)C. The molecule has 0 aromatic carbocycles. The van der Waals surface area contributed by atoms with Crippen LogP contribution in [0, 0.1) is 5.92 Å². The number of rotatable bonds is 3. The van der Waals surface area contributed by atoms with Gasteiger partial charge in [-0.05, 0) is 26.7 Å². The zero-order valence-corrected chi connectivity index (χ0v) is 8.83. The molecule has 0 saturated carbocycles. The van der Waals surface area contributed by atoms with Gasteiger partial charge >= 0.3 is 0 Å². The van der Waals surface area contributed by atoms with Crippen molar-refractivity contribution in [2.45, 2.75) is 39.4 Å². The van der Waals surface area contributed by atoms with Crippen LogP contribution in [0.4, 0.5) is 0 Å². The first-order valence-electron chi connectivity index (χ1n) is 3.89. The van der Waals surface area contributed by atoms with Gasteiger partial charge in [-0.15, -0.1) is 0 Å². The van der Waals surface area contributed by atoms with Crippen LogP contribution in [0.1, 0.15) is 34.6 Å². The molecule has 0 aliphatic rings. The highest BCUT2D eigenvalue weighted by Crippen LogP contribution is 2.12. The van der Waals surface area contributed by atoms with Gasteiger partial charge in [0.1, 0.15) is 0 Å². The minimum atomic E-state index is -1.16. The molecule has 0 fully saturated rings. The zero-order valence-electron chi connectivity index (χ0n) is 8.01. The summed E-state index contributed by atoms with van der Waals surface area (Å²) < 4.78 is 16.1. The third kappa shape index (κ3) is 5.39. The first-order valence-corrected chi connectivity index (χ1v) is 4.96. The maximum atomic E-state index is 11.3. The topological polar surface area (TPSA) is 26.3 Å². The van der Waals surface area contributed by atoms with E-state index in [4.69, 9.17) is 4.18 Å². The van der Waals surface area contributed by atoms with Gasteiger partial charge < -0.3 is 0 Å². The lowest BCUT2D eigenvalue weighted by atomic mass is 10.2. The second kappa shape index (κ2) is 4.21. The Morgan fingerprint density at radius 2 is 1.82 bits per heavy atom. The van der Waals surface area contributed by atoms with Gasteiger partial charge in [-0.3, -0.25) is 4.18 Å². The van der Waals surface area contributed by atoms with Gasteiger partial charge in [0.25, 0.3) is 0 Å². The summed E-state index contributed by atoms with van der Waals surface area (Å²) >= 11 is -1.16. The Kier molecular flexibility index (Phi) is 4.26. The molecular formula is C8H18O2S. The molecule has 0 amide bonds. The van der Waals surface area contributed by atoms with Crippen LogP contribution in [0.25, 0.3) is 0 Å². The molecule has 0 aliphatic heterocycles. The molecular weight excluding hydrogens is 160 g/mol. The van der Waals surface area contributed by atoms with Crippen molar-refractivity contribution in [3.8, 4) is 0 Å². The van der Waals surface area contributed by atoms with E-state index in [1.165, 1.54) is 0 Å². The molecule has 0 rings (SSSR count). The van der Waals surface area contributed by atoms with Crippen LogP contribution in [0.15, 0.2) is 0 Å². The molecule has 0 spiro atoms. The Morgan fingerprint density at radius 3 is 2.09 bits per heavy atom. The maximum Gasteiger partial charge on any atom is 0.160 e. The average Bonchev–Trinajstić information content (AvgIpc) is 1.80. The molecule has 0 unspecified atom stereocenters. The first kappa shape index (κ1) is 11.1. The van der Waals surface area contributed by atoms with Crippen LogP contribution in [0.2, 0.25) is 0 Å². The highest BCUT2D eigenvalue weighted by molar-refractivity contribution is 7.81. The maximum absolute atomic E-state index is 11.3. The number of hydrogen-bond acceptors (Lipinski definition) is 2. The van der Waals surface area contributed by atoms with Crippen molar-refractivity contribution in [2.24, 2.45) is 5.92 Å². The highest BCUT2D eigenvalue weighted by Gasteiger charge is 2.20. The third-order valence-electron chi connectivity index (χ3n) is 1.01. The summed E-state index contributed by atoms with van der Waals surface area (Å²) in [4.78, 5) is 0. The molecule has 0 radical (unpaired) electrons. The third-order valence-corrected chi connectivity index (χ3v) is 2.36. The van der Waals surface area contributed by atoms with Crippen LogP contribution < -0.4 is 0 Å². The Balaban J connectivity index is 3.71. The van der Waals surface area contributed by atoms with E-state index >= 15 is 0 Å². The quantitative estimate of drug-likeness (QED) is 0.661. The predicted octanol–water partition coefficient (Wildman–Crippen LogP) is 2.12. The molecule has 0 aliphatic carbocycles. The van der Waals surface area contributed by atoms with E-state index in [0.717, 1.165) is 0 Å². The summed E-state index contributed by atoms with van der Waals surface area (Å²) in [5.41, 5.74) is 0. The molecule has 0 bridgehead atoms. The van der Waals surface area contributed by atoms with E-state index < -0.39 is 11.1 Å². The minimum absolute atomic E-state index is 0.255. The minimum Gasteiger partial charge on any atom is -0.290 e. The molecule has 3 heteroatoms. The molecule has 68 valence electrons. The van der Waals surface area contributed by atoms with Gasteiger partial charge in [0.05, 0.1) is 11.4 Å². The molecule has 0 N–H and O–H groups in total. The van der Waals surface area contributed by atoms with Crippen molar-refractivity contribution in [3.05, 3.63) is 0 Å². The molecule has 0 saturated heterocycles. The highest BCUT2D eigenvalue weighted by atomic mass is 32.2. The van der Waals surface area contributed by atoms with E-state index in [1.54, 1.807) is 0 Å². The number of hydrogen-bond donors (Lipinski definition) is 0. The molecule has 2 nitrogen and oxygen atoms in total. The van der Waals surface area contributed by atoms with Gasteiger partial charge in [0.2, 0.25) is 0 Å². The van der Waals surface area contributed by atoms with E-state index in [9.17, 15) is 4.21 Å². The first-order chi connectivity index (χ1) is 4.84. The Morgan fingerprint density at radius 1 is 1.36 bits per heavy atom. The molecule has 0 heterocycles.